The van der Waals surface area contributed by atoms with Crippen LogP contribution in [-0.2, 0) is 4.79 Å². The molecule has 0 unspecified atom stereocenters. The molecule has 0 aliphatic carbocycles. The largest absolute Gasteiger partial charge is 0.481 e. The standard InChI is InChI=1S/C13H14N4O3/c1-8-5-6-9-3-2-4-10(12(9)15-8)20-7-11(18)16-17-13(14)19/h2-6H,7H2,1H3,(H,16,18)(H3,14,17,19). The van der Waals surface area contributed by atoms with Crippen molar-refractivity contribution in [1.29, 1.82) is 0 Å². The van der Waals surface area contributed by atoms with Crippen LogP contribution >= 0.6 is 0 Å². The van der Waals surface area contributed by atoms with Gasteiger partial charge in [-0.15, -0.1) is 0 Å². The molecule has 2 rings (SSSR count). The van der Waals surface area contributed by atoms with Gasteiger partial charge in [-0.25, -0.2) is 15.2 Å². The fourth-order valence-electron chi connectivity index (χ4n) is 1.64. The van der Waals surface area contributed by atoms with Crippen LogP contribution in [0.15, 0.2) is 30.3 Å². The Balaban J connectivity index is 2.08. The van der Waals surface area contributed by atoms with Gasteiger partial charge in [0.25, 0.3) is 5.91 Å². The van der Waals surface area contributed by atoms with Crippen LogP contribution < -0.4 is 21.3 Å². The van der Waals surface area contributed by atoms with Gasteiger partial charge in [-0.05, 0) is 19.1 Å². The van der Waals surface area contributed by atoms with Gasteiger partial charge in [0.05, 0.1) is 0 Å². The number of para-hydroxylation sites is 1. The van der Waals surface area contributed by atoms with Gasteiger partial charge in [0.15, 0.2) is 6.61 Å². The highest BCUT2D eigenvalue weighted by atomic mass is 16.5. The number of nitrogens with two attached hydrogens (primary N) is 1. The van der Waals surface area contributed by atoms with E-state index >= 15 is 0 Å². The smallest absolute Gasteiger partial charge is 0.330 e. The maximum absolute atomic E-state index is 11.4. The number of aryl methyl sites for hydroxylation is 1. The van der Waals surface area contributed by atoms with Crippen LogP contribution in [0.1, 0.15) is 5.69 Å². The van der Waals surface area contributed by atoms with Crippen LogP contribution in [0, 0.1) is 6.92 Å². The first-order chi connectivity index (χ1) is 9.56. The molecule has 0 fully saturated rings. The second-order valence-electron chi connectivity index (χ2n) is 4.11. The lowest BCUT2D eigenvalue weighted by atomic mass is 10.2. The summed E-state index contributed by atoms with van der Waals surface area (Å²) in [6.07, 6.45) is 0. The number of aromatic nitrogens is 1. The number of fused-ring (bicyclic) bond motifs is 1. The lowest BCUT2D eigenvalue weighted by Crippen LogP contribution is -2.46. The Morgan fingerprint density at radius 1 is 1.25 bits per heavy atom. The molecule has 104 valence electrons. The zero-order chi connectivity index (χ0) is 14.5. The van der Waals surface area contributed by atoms with E-state index in [0.29, 0.717) is 11.3 Å². The number of carbonyl (C=O) groups excluding carboxylic acids is 2. The van der Waals surface area contributed by atoms with Crippen molar-refractivity contribution >= 4 is 22.8 Å². The fourth-order valence-corrected chi connectivity index (χ4v) is 1.64. The van der Waals surface area contributed by atoms with E-state index in [1.807, 2.05) is 36.6 Å². The second-order valence-corrected chi connectivity index (χ2v) is 4.11. The fraction of sp³-hybridized carbons (Fsp3) is 0.154. The van der Waals surface area contributed by atoms with Crippen LogP contribution in [0.25, 0.3) is 10.9 Å². The van der Waals surface area contributed by atoms with Crippen molar-refractivity contribution < 1.29 is 14.3 Å². The third-order valence-electron chi connectivity index (χ3n) is 2.51. The summed E-state index contributed by atoms with van der Waals surface area (Å²) in [6, 6.07) is 8.43. The van der Waals surface area contributed by atoms with Crippen molar-refractivity contribution in [2.24, 2.45) is 5.73 Å². The molecule has 0 aliphatic rings. The molecule has 7 heteroatoms. The van der Waals surface area contributed by atoms with E-state index in [1.165, 1.54) is 0 Å². The number of hydrogen-bond donors (Lipinski definition) is 3. The topological polar surface area (TPSA) is 106 Å². The number of rotatable bonds is 3. The zero-order valence-electron chi connectivity index (χ0n) is 10.8. The third-order valence-corrected chi connectivity index (χ3v) is 2.51. The number of ether oxygens (including phenoxy) is 1. The SMILES string of the molecule is Cc1ccc2cccc(OCC(=O)NNC(N)=O)c2n1. The molecule has 1 heterocycles. The van der Waals surface area contributed by atoms with E-state index in [4.69, 9.17) is 10.5 Å². The molecule has 0 spiro atoms. The predicted molar refractivity (Wildman–Crippen MR) is 72.8 cm³/mol. The number of nitrogens with zero attached hydrogens (tertiary/aromatic N) is 1. The molecular formula is C13H14N4O3. The van der Waals surface area contributed by atoms with E-state index in [-0.39, 0.29) is 6.61 Å². The molecule has 0 aliphatic heterocycles. The first-order valence-corrected chi connectivity index (χ1v) is 5.90. The number of hydrazine groups is 1. The minimum Gasteiger partial charge on any atom is -0.481 e. The molecule has 20 heavy (non-hydrogen) atoms. The van der Waals surface area contributed by atoms with Crippen LogP contribution in [0.4, 0.5) is 4.79 Å². The van der Waals surface area contributed by atoms with E-state index < -0.39 is 11.9 Å². The van der Waals surface area contributed by atoms with Gasteiger partial charge in [-0.3, -0.25) is 10.2 Å². The van der Waals surface area contributed by atoms with Crippen molar-refractivity contribution in [3.8, 4) is 5.75 Å². The number of nitrogens with one attached hydrogen (secondary N) is 2. The summed E-state index contributed by atoms with van der Waals surface area (Å²) in [6.45, 7) is 1.62. The van der Waals surface area contributed by atoms with Crippen LogP contribution in [0.5, 0.6) is 5.75 Å². The summed E-state index contributed by atoms with van der Waals surface area (Å²) in [7, 11) is 0. The summed E-state index contributed by atoms with van der Waals surface area (Å²) < 4.78 is 5.40. The Labute approximate surface area is 115 Å². The Hall–Kier alpha value is -2.83. The highest BCUT2D eigenvalue weighted by Crippen LogP contribution is 2.23. The molecule has 0 atom stereocenters. The molecule has 1 aromatic heterocycles. The Bertz CT molecular complexity index is 657. The summed E-state index contributed by atoms with van der Waals surface area (Å²) in [4.78, 5) is 26.2. The summed E-state index contributed by atoms with van der Waals surface area (Å²) in [5.74, 6) is -0.0196. The van der Waals surface area contributed by atoms with Crippen molar-refractivity contribution in [2.75, 3.05) is 6.61 Å². The molecule has 0 saturated carbocycles. The monoisotopic (exact) mass is 274 g/mol. The first-order valence-electron chi connectivity index (χ1n) is 5.90. The third kappa shape index (κ3) is 3.35. The molecular weight excluding hydrogens is 260 g/mol. The van der Waals surface area contributed by atoms with Crippen molar-refractivity contribution in [3.63, 3.8) is 0 Å². The minimum absolute atomic E-state index is 0.255. The maximum atomic E-state index is 11.4. The quantitative estimate of drug-likeness (QED) is 0.713. The van der Waals surface area contributed by atoms with Crippen LogP contribution in [0.2, 0.25) is 0 Å². The van der Waals surface area contributed by atoms with Gasteiger partial charge in [0.1, 0.15) is 11.3 Å². The molecule has 2 aromatic rings. The number of carbonyl (C=O) groups is 2. The Morgan fingerprint density at radius 3 is 2.80 bits per heavy atom. The van der Waals surface area contributed by atoms with Gasteiger partial charge in [-0.1, -0.05) is 18.2 Å². The molecule has 0 radical (unpaired) electrons. The average molecular weight is 274 g/mol. The number of pyridine rings is 1. The number of primary amides is 1. The second kappa shape index (κ2) is 5.87. The van der Waals surface area contributed by atoms with E-state index in [2.05, 4.69) is 10.4 Å². The first kappa shape index (κ1) is 13.6. The number of hydrogen-bond acceptors (Lipinski definition) is 4. The summed E-state index contributed by atoms with van der Waals surface area (Å²) in [5, 5.41) is 0.920. The highest BCUT2D eigenvalue weighted by molar-refractivity contribution is 5.85. The molecule has 7 nitrogen and oxygen atoms in total. The average Bonchev–Trinajstić information content (AvgIpc) is 2.42. The van der Waals surface area contributed by atoms with E-state index in [1.54, 1.807) is 6.07 Å². The van der Waals surface area contributed by atoms with Gasteiger partial charge >= 0.3 is 6.03 Å². The van der Waals surface area contributed by atoms with E-state index in [9.17, 15) is 9.59 Å². The maximum Gasteiger partial charge on any atom is 0.330 e. The number of urea groups is 1. The molecule has 0 saturated heterocycles. The van der Waals surface area contributed by atoms with Crippen molar-refractivity contribution in [1.82, 2.24) is 15.8 Å². The normalized spacial score (nSPS) is 10.1. The number of benzene rings is 1. The summed E-state index contributed by atoms with van der Waals surface area (Å²) >= 11 is 0. The van der Waals surface area contributed by atoms with Gasteiger partial charge in [0, 0.05) is 11.1 Å². The number of amides is 3. The molecule has 3 amide bonds. The summed E-state index contributed by atoms with van der Waals surface area (Å²) in [5.41, 5.74) is 10.4. The van der Waals surface area contributed by atoms with Crippen LogP contribution in [0.3, 0.4) is 0 Å². The minimum atomic E-state index is -0.846. The molecule has 0 bridgehead atoms. The predicted octanol–water partition coefficient (Wildman–Crippen LogP) is 0.622. The van der Waals surface area contributed by atoms with Crippen molar-refractivity contribution in [3.05, 3.63) is 36.0 Å². The van der Waals surface area contributed by atoms with Gasteiger partial charge in [0.2, 0.25) is 0 Å². The van der Waals surface area contributed by atoms with Gasteiger partial charge in [-0.2, -0.15) is 0 Å². The van der Waals surface area contributed by atoms with Gasteiger partial charge < -0.3 is 10.5 Å². The Morgan fingerprint density at radius 2 is 2.05 bits per heavy atom. The highest BCUT2D eigenvalue weighted by Gasteiger charge is 2.07. The molecule has 4 N–H and O–H groups in total. The zero-order valence-corrected chi connectivity index (χ0v) is 10.8. The lowest BCUT2D eigenvalue weighted by Gasteiger charge is -2.09. The van der Waals surface area contributed by atoms with Crippen molar-refractivity contribution in [2.45, 2.75) is 6.92 Å². The van der Waals surface area contributed by atoms with E-state index in [0.717, 1.165) is 11.1 Å². The van der Waals surface area contributed by atoms with Crippen LogP contribution in [-0.4, -0.2) is 23.5 Å². The lowest BCUT2D eigenvalue weighted by molar-refractivity contribution is -0.123. The molecule has 1 aromatic carbocycles. The Kier molecular flexibility index (Phi) is 3.99.